The maximum absolute atomic E-state index is 11.3. The van der Waals surface area contributed by atoms with E-state index >= 15 is 0 Å². The van der Waals surface area contributed by atoms with Crippen molar-refractivity contribution in [1.29, 1.82) is 0 Å². The van der Waals surface area contributed by atoms with Crippen LogP contribution < -0.4 is 10.6 Å². The van der Waals surface area contributed by atoms with E-state index in [1.165, 1.54) is 10.9 Å². The van der Waals surface area contributed by atoms with Crippen LogP contribution in [0.25, 0.3) is 5.65 Å². The number of piperidine rings is 1. The Labute approximate surface area is 109 Å². The summed E-state index contributed by atoms with van der Waals surface area (Å²) in [6.45, 7) is 1.88. The number of nitrogens with zero attached hydrogens (tertiary/aromatic N) is 4. The van der Waals surface area contributed by atoms with E-state index in [1.807, 2.05) is 0 Å². The maximum atomic E-state index is 11.3. The first-order valence-electron chi connectivity index (χ1n) is 6.29. The summed E-state index contributed by atoms with van der Waals surface area (Å²) < 4.78 is 1.45. The van der Waals surface area contributed by atoms with Gasteiger partial charge in [0.25, 0.3) is 0 Å². The van der Waals surface area contributed by atoms with Crippen LogP contribution in [0.4, 0.5) is 11.6 Å². The van der Waals surface area contributed by atoms with Crippen LogP contribution in [0.3, 0.4) is 0 Å². The maximum Gasteiger partial charge on any atom is 0.339 e. The van der Waals surface area contributed by atoms with Crippen LogP contribution >= 0.6 is 0 Å². The number of nitrogens with two attached hydrogens (primary N) is 1. The number of fused-ring (bicyclic) bond motifs is 1. The SMILES string of the molecule is Nc1nc2c(C(=O)O)cc(N3CCCCC3)cn2n1. The minimum absolute atomic E-state index is 0.0818. The molecule has 0 saturated carbocycles. The second-order valence-electron chi connectivity index (χ2n) is 4.70. The number of carbonyl (C=O) groups is 1. The highest BCUT2D eigenvalue weighted by Gasteiger charge is 2.18. The fraction of sp³-hybridized carbons (Fsp3) is 0.417. The van der Waals surface area contributed by atoms with Crippen molar-refractivity contribution in [2.24, 2.45) is 0 Å². The van der Waals surface area contributed by atoms with Crippen LogP contribution in [-0.4, -0.2) is 38.8 Å². The molecule has 0 aliphatic carbocycles. The van der Waals surface area contributed by atoms with Crippen molar-refractivity contribution < 1.29 is 9.90 Å². The van der Waals surface area contributed by atoms with Gasteiger partial charge in [-0.25, -0.2) is 9.31 Å². The standard InChI is InChI=1S/C12H15N5O2/c13-12-14-10-9(11(18)19)6-8(7-17(10)15-12)16-4-2-1-3-5-16/h6-7H,1-5H2,(H2,13,15)(H,18,19). The molecule has 2 aromatic heterocycles. The second-order valence-corrected chi connectivity index (χ2v) is 4.70. The van der Waals surface area contributed by atoms with Crippen molar-refractivity contribution in [2.75, 3.05) is 23.7 Å². The molecule has 0 bridgehead atoms. The Balaban J connectivity index is 2.12. The van der Waals surface area contributed by atoms with Crippen molar-refractivity contribution in [3.05, 3.63) is 17.8 Å². The molecule has 3 heterocycles. The van der Waals surface area contributed by atoms with Gasteiger partial charge in [0.1, 0.15) is 5.56 Å². The summed E-state index contributed by atoms with van der Waals surface area (Å²) in [4.78, 5) is 17.4. The molecule has 3 rings (SSSR count). The number of aromatic nitrogens is 3. The third kappa shape index (κ3) is 2.07. The van der Waals surface area contributed by atoms with Gasteiger partial charge in [0, 0.05) is 13.1 Å². The zero-order valence-electron chi connectivity index (χ0n) is 10.4. The summed E-state index contributed by atoms with van der Waals surface area (Å²) in [5, 5.41) is 13.3. The van der Waals surface area contributed by atoms with Gasteiger partial charge in [-0.2, -0.15) is 4.98 Å². The topological polar surface area (TPSA) is 96.7 Å². The average Bonchev–Trinajstić information content (AvgIpc) is 2.78. The van der Waals surface area contributed by atoms with E-state index in [2.05, 4.69) is 15.0 Å². The van der Waals surface area contributed by atoms with Crippen molar-refractivity contribution >= 4 is 23.3 Å². The first-order chi connectivity index (χ1) is 9.15. The molecule has 1 aliphatic rings. The summed E-state index contributed by atoms with van der Waals surface area (Å²) in [6.07, 6.45) is 5.26. The highest BCUT2D eigenvalue weighted by Crippen LogP contribution is 2.23. The molecule has 19 heavy (non-hydrogen) atoms. The van der Waals surface area contributed by atoms with Crippen molar-refractivity contribution in [3.63, 3.8) is 0 Å². The minimum Gasteiger partial charge on any atom is -0.478 e. The summed E-state index contributed by atoms with van der Waals surface area (Å²) in [7, 11) is 0. The third-order valence-electron chi connectivity index (χ3n) is 3.39. The summed E-state index contributed by atoms with van der Waals surface area (Å²) in [5.74, 6) is -0.936. The molecular weight excluding hydrogens is 246 g/mol. The number of hydrogen-bond donors (Lipinski definition) is 2. The van der Waals surface area contributed by atoms with Gasteiger partial charge in [-0.3, -0.25) is 0 Å². The molecule has 7 nitrogen and oxygen atoms in total. The van der Waals surface area contributed by atoms with Gasteiger partial charge in [0.2, 0.25) is 5.95 Å². The fourth-order valence-electron chi connectivity index (χ4n) is 2.47. The molecule has 1 fully saturated rings. The van der Waals surface area contributed by atoms with Crippen molar-refractivity contribution in [3.8, 4) is 0 Å². The Hall–Kier alpha value is -2.31. The Kier molecular flexibility index (Phi) is 2.73. The van der Waals surface area contributed by atoms with Gasteiger partial charge in [0.15, 0.2) is 5.65 Å². The molecular formula is C12H15N5O2. The van der Waals surface area contributed by atoms with E-state index in [1.54, 1.807) is 12.3 Å². The van der Waals surface area contributed by atoms with E-state index in [0.29, 0.717) is 0 Å². The number of aromatic carboxylic acids is 1. The van der Waals surface area contributed by atoms with Crippen molar-refractivity contribution in [2.45, 2.75) is 19.3 Å². The Morgan fingerprint density at radius 3 is 2.74 bits per heavy atom. The first kappa shape index (κ1) is 11.8. The molecule has 2 aromatic rings. The normalized spacial score (nSPS) is 15.9. The highest BCUT2D eigenvalue weighted by atomic mass is 16.4. The lowest BCUT2D eigenvalue weighted by atomic mass is 10.1. The Bertz CT molecular complexity index is 630. The summed E-state index contributed by atoms with van der Waals surface area (Å²) in [6, 6.07) is 1.65. The number of anilines is 2. The van der Waals surface area contributed by atoms with Gasteiger partial charge in [-0.05, 0) is 25.3 Å². The van der Waals surface area contributed by atoms with Gasteiger partial charge >= 0.3 is 5.97 Å². The number of carboxylic acid groups (broad SMARTS) is 1. The van der Waals surface area contributed by atoms with E-state index in [4.69, 9.17) is 5.73 Å². The number of hydrogen-bond acceptors (Lipinski definition) is 5. The van der Waals surface area contributed by atoms with E-state index in [-0.39, 0.29) is 17.2 Å². The lowest BCUT2D eigenvalue weighted by Crippen LogP contribution is -2.29. The van der Waals surface area contributed by atoms with E-state index in [9.17, 15) is 9.90 Å². The lowest BCUT2D eigenvalue weighted by molar-refractivity contribution is 0.0698. The van der Waals surface area contributed by atoms with Gasteiger partial charge in [-0.1, -0.05) is 0 Å². The predicted octanol–water partition coefficient (Wildman–Crippen LogP) is 1.000. The molecule has 0 radical (unpaired) electrons. The zero-order valence-corrected chi connectivity index (χ0v) is 10.4. The molecule has 1 aliphatic heterocycles. The molecule has 100 valence electrons. The molecule has 1 saturated heterocycles. The van der Waals surface area contributed by atoms with Gasteiger partial charge in [-0.15, -0.1) is 5.10 Å². The highest BCUT2D eigenvalue weighted by molar-refractivity contribution is 5.95. The monoisotopic (exact) mass is 261 g/mol. The molecule has 0 aromatic carbocycles. The third-order valence-corrected chi connectivity index (χ3v) is 3.39. The second kappa shape index (κ2) is 4.42. The largest absolute Gasteiger partial charge is 0.478 e. The predicted molar refractivity (Wildman–Crippen MR) is 70.4 cm³/mol. The van der Waals surface area contributed by atoms with Crippen LogP contribution in [0.1, 0.15) is 29.6 Å². The van der Waals surface area contributed by atoms with Crippen LogP contribution in [0.5, 0.6) is 0 Å². The van der Waals surface area contributed by atoms with Crippen molar-refractivity contribution in [1.82, 2.24) is 14.6 Å². The zero-order chi connectivity index (χ0) is 13.4. The molecule has 3 N–H and O–H groups in total. The number of carboxylic acids is 1. The Morgan fingerprint density at radius 2 is 2.05 bits per heavy atom. The molecule has 0 amide bonds. The lowest BCUT2D eigenvalue weighted by Gasteiger charge is -2.28. The smallest absolute Gasteiger partial charge is 0.339 e. The number of rotatable bonds is 2. The van der Waals surface area contributed by atoms with Crippen LogP contribution in [-0.2, 0) is 0 Å². The first-order valence-corrected chi connectivity index (χ1v) is 6.29. The Morgan fingerprint density at radius 1 is 1.32 bits per heavy atom. The van der Waals surface area contributed by atoms with Crippen LogP contribution in [0, 0.1) is 0 Å². The average molecular weight is 261 g/mol. The summed E-state index contributed by atoms with van der Waals surface area (Å²) >= 11 is 0. The van der Waals surface area contributed by atoms with Crippen LogP contribution in [0.15, 0.2) is 12.3 Å². The van der Waals surface area contributed by atoms with Crippen LogP contribution in [0.2, 0.25) is 0 Å². The molecule has 7 heteroatoms. The van der Waals surface area contributed by atoms with E-state index < -0.39 is 5.97 Å². The molecule has 0 spiro atoms. The van der Waals surface area contributed by atoms with E-state index in [0.717, 1.165) is 31.6 Å². The molecule has 0 atom stereocenters. The minimum atomic E-state index is -1.02. The fourth-order valence-corrected chi connectivity index (χ4v) is 2.47. The van der Waals surface area contributed by atoms with Gasteiger partial charge in [0.05, 0.1) is 11.9 Å². The number of pyridine rings is 1. The quantitative estimate of drug-likeness (QED) is 0.837. The van der Waals surface area contributed by atoms with Gasteiger partial charge < -0.3 is 15.7 Å². The number of nitrogen functional groups attached to an aromatic ring is 1. The molecule has 0 unspecified atom stereocenters. The summed E-state index contributed by atoms with van der Waals surface area (Å²) in [5.41, 5.74) is 6.81.